The third-order valence-electron chi connectivity index (χ3n) is 6.09. The van der Waals surface area contributed by atoms with Crippen LogP contribution in [0.3, 0.4) is 0 Å². The van der Waals surface area contributed by atoms with E-state index in [1.165, 1.54) is 16.8 Å². The van der Waals surface area contributed by atoms with Gasteiger partial charge >= 0.3 is 0 Å². The van der Waals surface area contributed by atoms with Crippen LogP contribution in [0.4, 0.5) is 0 Å². The first-order valence-corrected chi connectivity index (χ1v) is 12.6. The number of rotatable bonds is 4. The van der Waals surface area contributed by atoms with Crippen molar-refractivity contribution in [3.8, 4) is 5.69 Å². The number of thioether (sulfide) groups is 1. The Morgan fingerprint density at radius 1 is 1.24 bits per heavy atom. The zero-order valence-electron chi connectivity index (χ0n) is 18.8. The molecule has 1 aromatic carbocycles. The zero-order chi connectivity index (χ0) is 24.0. The van der Waals surface area contributed by atoms with Crippen LogP contribution in [0.25, 0.3) is 11.8 Å². The molecule has 10 heteroatoms. The van der Waals surface area contributed by atoms with Gasteiger partial charge in [-0.05, 0) is 74.4 Å². The molecule has 34 heavy (non-hydrogen) atoms. The fourth-order valence-corrected chi connectivity index (χ4v) is 5.68. The van der Waals surface area contributed by atoms with Crippen molar-refractivity contribution in [2.24, 2.45) is 10.1 Å². The third kappa shape index (κ3) is 4.16. The molecule has 8 nitrogen and oxygen atoms in total. The van der Waals surface area contributed by atoms with E-state index in [4.69, 9.17) is 5.41 Å². The van der Waals surface area contributed by atoms with Gasteiger partial charge in [-0.1, -0.05) is 22.0 Å². The van der Waals surface area contributed by atoms with Crippen molar-refractivity contribution < 1.29 is 9.59 Å². The molecule has 0 saturated carbocycles. The average Bonchev–Trinajstić information content (AvgIpc) is 3.51. The van der Waals surface area contributed by atoms with Gasteiger partial charge < -0.3 is 9.47 Å². The Kier molecular flexibility index (Phi) is 6.03. The summed E-state index contributed by atoms with van der Waals surface area (Å²) in [4.78, 5) is 31.3. The van der Waals surface area contributed by atoms with Crippen LogP contribution >= 0.6 is 27.7 Å². The number of nitrogens with one attached hydrogen (secondary N) is 1. The van der Waals surface area contributed by atoms with Crippen LogP contribution in [0.2, 0.25) is 0 Å². The molecule has 0 spiro atoms. The smallest absolute Gasteiger partial charge is 0.283 e. The number of nitrogens with zero attached hydrogens (tertiary/aromatic N) is 5. The highest BCUT2D eigenvalue weighted by atomic mass is 79.9. The molecule has 1 saturated heterocycles. The zero-order valence-corrected chi connectivity index (χ0v) is 21.2. The van der Waals surface area contributed by atoms with Crippen LogP contribution in [0.15, 0.2) is 50.5 Å². The van der Waals surface area contributed by atoms with Gasteiger partial charge in [-0.3, -0.25) is 15.0 Å². The Hall–Kier alpha value is -2.98. The van der Waals surface area contributed by atoms with E-state index in [0.29, 0.717) is 10.2 Å². The summed E-state index contributed by atoms with van der Waals surface area (Å²) in [7, 11) is 0. The van der Waals surface area contributed by atoms with Gasteiger partial charge in [-0.2, -0.15) is 15.1 Å². The average molecular weight is 539 g/mol. The number of aromatic nitrogens is 1. The van der Waals surface area contributed by atoms with E-state index in [1.807, 2.05) is 49.1 Å². The van der Waals surface area contributed by atoms with Crippen molar-refractivity contribution >= 4 is 61.6 Å². The molecule has 3 aliphatic heterocycles. The van der Waals surface area contributed by atoms with Crippen LogP contribution < -0.4 is 0 Å². The van der Waals surface area contributed by atoms with E-state index in [-0.39, 0.29) is 23.7 Å². The lowest BCUT2D eigenvalue weighted by atomic mass is 10.1. The van der Waals surface area contributed by atoms with Crippen LogP contribution in [0, 0.1) is 19.3 Å². The second-order valence-corrected chi connectivity index (χ2v) is 10.4. The normalized spacial score (nSPS) is 19.1. The minimum absolute atomic E-state index is 0.0257. The van der Waals surface area contributed by atoms with Gasteiger partial charge in [0.1, 0.15) is 5.04 Å². The Balaban J connectivity index is 1.42. The topological polar surface area (TPSA) is 94.1 Å². The molecule has 1 fully saturated rings. The first kappa shape index (κ1) is 22.8. The molecule has 4 heterocycles. The summed E-state index contributed by atoms with van der Waals surface area (Å²) >= 11 is 4.71. The Morgan fingerprint density at radius 2 is 2.00 bits per heavy atom. The van der Waals surface area contributed by atoms with E-state index in [1.54, 1.807) is 6.08 Å². The number of amidine groups is 2. The molecule has 0 bridgehead atoms. The molecule has 0 atom stereocenters. The van der Waals surface area contributed by atoms with E-state index >= 15 is 0 Å². The standard InChI is InChI=1S/C24H23BrN6O2S/c1-14-10-16(15(2)30(14)18-7-5-6-17(25)12-18)11-19-22(26)31-24(27-23(19)33)34-20(28-31)13-21(32)29-8-3-4-9-29/h5-7,10-12,26H,3-4,8-9,13H2,1-2H3/b19-11+,26-22?. The first-order valence-electron chi connectivity index (χ1n) is 11.0. The summed E-state index contributed by atoms with van der Waals surface area (Å²) in [6.07, 6.45) is 3.92. The lowest BCUT2D eigenvalue weighted by Crippen LogP contribution is -2.35. The summed E-state index contributed by atoms with van der Waals surface area (Å²) in [5.74, 6) is -0.477. The maximum Gasteiger partial charge on any atom is 0.283 e. The van der Waals surface area contributed by atoms with Gasteiger partial charge in [0, 0.05) is 34.6 Å². The van der Waals surface area contributed by atoms with Crippen LogP contribution in [-0.4, -0.2) is 55.4 Å². The molecule has 174 valence electrons. The highest BCUT2D eigenvalue weighted by Crippen LogP contribution is 2.31. The van der Waals surface area contributed by atoms with Crippen molar-refractivity contribution in [2.45, 2.75) is 33.1 Å². The lowest BCUT2D eigenvalue weighted by molar-refractivity contribution is -0.128. The number of aliphatic imine (C=N–C) groups is 1. The number of likely N-dealkylation sites (tertiary alicyclic amines) is 1. The van der Waals surface area contributed by atoms with Gasteiger partial charge in [0.2, 0.25) is 11.1 Å². The fraction of sp³-hybridized carbons (Fsp3) is 0.292. The van der Waals surface area contributed by atoms with E-state index in [9.17, 15) is 9.59 Å². The predicted molar refractivity (Wildman–Crippen MR) is 138 cm³/mol. The second-order valence-electron chi connectivity index (χ2n) is 8.42. The molecule has 5 rings (SSSR count). The van der Waals surface area contributed by atoms with E-state index in [2.05, 4.69) is 30.6 Å². The molecule has 2 amide bonds. The quantitative estimate of drug-likeness (QED) is 0.580. The van der Waals surface area contributed by atoms with Gasteiger partial charge in [0.25, 0.3) is 5.91 Å². The number of fused-ring (bicyclic) bond motifs is 1. The van der Waals surface area contributed by atoms with Crippen molar-refractivity contribution in [1.82, 2.24) is 14.5 Å². The van der Waals surface area contributed by atoms with Crippen molar-refractivity contribution in [3.05, 3.63) is 57.3 Å². The number of benzene rings is 1. The Bertz CT molecular complexity index is 1320. The molecule has 0 aliphatic carbocycles. The highest BCUT2D eigenvalue weighted by Gasteiger charge is 2.36. The SMILES string of the molecule is Cc1cc(/C=C2\C(=N)N3N=C(CC(=O)N4CCCC4)SC3=NC2=O)c(C)n1-c1cccc(Br)c1. The largest absolute Gasteiger partial charge is 0.342 e. The van der Waals surface area contributed by atoms with Crippen molar-refractivity contribution in [3.63, 3.8) is 0 Å². The number of carbonyl (C=O) groups is 2. The minimum Gasteiger partial charge on any atom is -0.342 e. The monoisotopic (exact) mass is 538 g/mol. The summed E-state index contributed by atoms with van der Waals surface area (Å²) in [5, 5.41) is 15.3. The number of hydrogen-bond acceptors (Lipinski definition) is 5. The molecule has 2 aromatic rings. The summed E-state index contributed by atoms with van der Waals surface area (Å²) < 4.78 is 3.08. The summed E-state index contributed by atoms with van der Waals surface area (Å²) in [6, 6.07) is 9.99. The third-order valence-corrected chi connectivity index (χ3v) is 7.50. The molecule has 1 aromatic heterocycles. The highest BCUT2D eigenvalue weighted by molar-refractivity contribution is 9.10. The molecular weight excluding hydrogens is 516 g/mol. The summed E-state index contributed by atoms with van der Waals surface area (Å²) in [5.41, 5.74) is 3.99. The number of aryl methyl sites for hydroxylation is 1. The van der Waals surface area contributed by atoms with Gasteiger partial charge in [-0.15, -0.1) is 0 Å². The number of hydrazone groups is 1. The number of amides is 2. The Morgan fingerprint density at radius 3 is 2.74 bits per heavy atom. The summed E-state index contributed by atoms with van der Waals surface area (Å²) in [6.45, 7) is 5.55. The van der Waals surface area contributed by atoms with E-state index < -0.39 is 5.91 Å². The molecular formula is C24H23BrN6O2S. The molecule has 0 radical (unpaired) electrons. The molecule has 3 aliphatic rings. The number of hydrogen-bond donors (Lipinski definition) is 1. The number of carbonyl (C=O) groups excluding carboxylic acids is 2. The van der Waals surface area contributed by atoms with Crippen LogP contribution in [0.1, 0.15) is 36.2 Å². The fourth-order valence-electron chi connectivity index (χ4n) is 4.41. The molecule has 0 unspecified atom stereocenters. The first-order chi connectivity index (χ1) is 16.3. The van der Waals surface area contributed by atoms with Gasteiger partial charge in [-0.25, -0.2) is 0 Å². The second kappa shape index (κ2) is 8.99. The van der Waals surface area contributed by atoms with Crippen molar-refractivity contribution in [1.29, 1.82) is 5.41 Å². The Labute approximate surface area is 210 Å². The number of halogens is 1. The maximum atomic E-state index is 12.8. The maximum absolute atomic E-state index is 12.8. The van der Waals surface area contributed by atoms with Crippen LogP contribution in [0.5, 0.6) is 0 Å². The van der Waals surface area contributed by atoms with E-state index in [0.717, 1.165) is 53.0 Å². The van der Waals surface area contributed by atoms with Crippen LogP contribution in [-0.2, 0) is 9.59 Å². The van der Waals surface area contributed by atoms with Crippen molar-refractivity contribution in [2.75, 3.05) is 13.1 Å². The van der Waals surface area contributed by atoms with Gasteiger partial charge in [0.15, 0.2) is 5.84 Å². The van der Waals surface area contributed by atoms with Gasteiger partial charge in [0.05, 0.1) is 12.0 Å². The predicted octanol–water partition coefficient (Wildman–Crippen LogP) is 4.49. The lowest BCUT2D eigenvalue weighted by Gasteiger charge is -2.20. The molecule has 1 N–H and O–H groups in total. The minimum atomic E-state index is -0.474.